The van der Waals surface area contributed by atoms with Crippen LogP contribution >= 0.6 is 11.8 Å². The summed E-state index contributed by atoms with van der Waals surface area (Å²) in [7, 11) is 0. The SMILES string of the molecule is Cc1ccc(-n2c(SC(C)C(=O)Nc3ccccc3C#N)nnc2-c2ccncc2)cc1C. The van der Waals surface area contributed by atoms with Gasteiger partial charge in [0.1, 0.15) is 6.07 Å². The van der Waals surface area contributed by atoms with Crippen molar-refractivity contribution in [2.75, 3.05) is 5.32 Å². The molecule has 1 atom stereocenters. The molecule has 1 N–H and O–H groups in total. The fourth-order valence-electron chi connectivity index (χ4n) is 3.27. The van der Waals surface area contributed by atoms with E-state index in [0.29, 0.717) is 22.2 Å². The third kappa shape index (κ3) is 4.78. The molecule has 0 saturated heterocycles. The van der Waals surface area contributed by atoms with E-state index in [-0.39, 0.29) is 5.91 Å². The van der Waals surface area contributed by atoms with Gasteiger partial charge in [-0.2, -0.15) is 5.26 Å². The largest absolute Gasteiger partial charge is 0.324 e. The van der Waals surface area contributed by atoms with Gasteiger partial charge in [0, 0.05) is 18.0 Å². The lowest BCUT2D eigenvalue weighted by Gasteiger charge is -2.15. The number of rotatable bonds is 6. The van der Waals surface area contributed by atoms with E-state index < -0.39 is 5.25 Å². The lowest BCUT2D eigenvalue weighted by atomic mass is 10.1. The van der Waals surface area contributed by atoms with Crippen LogP contribution in [0.2, 0.25) is 0 Å². The molecule has 2 heterocycles. The number of hydrogen-bond donors (Lipinski definition) is 1. The van der Waals surface area contributed by atoms with Gasteiger partial charge < -0.3 is 5.32 Å². The Balaban J connectivity index is 1.67. The number of carbonyl (C=O) groups is 1. The van der Waals surface area contributed by atoms with E-state index in [4.69, 9.17) is 0 Å². The van der Waals surface area contributed by atoms with E-state index in [0.717, 1.165) is 16.8 Å². The molecular weight excluding hydrogens is 432 g/mol. The van der Waals surface area contributed by atoms with Crippen molar-refractivity contribution in [2.24, 2.45) is 0 Å². The number of aromatic nitrogens is 4. The molecule has 0 saturated carbocycles. The first-order chi connectivity index (χ1) is 16.0. The lowest BCUT2D eigenvalue weighted by Crippen LogP contribution is -2.23. The summed E-state index contributed by atoms with van der Waals surface area (Å²) in [4.78, 5) is 17.0. The van der Waals surface area contributed by atoms with Crippen molar-refractivity contribution in [3.8, 4) is 23.1 Å². The maximum absolute atomic E-state index is 12.9. The lowest BCUT2D eigenvalue weighted by molar-refractivity contribution is -0.115. The van der Waals surface area contributed by atoms with Crippen LogP contribution in [0.1, 0.15) is 23.6 Å². The molecule has 0 aliphatic rings. The Kier molecular flexibility index (Phi) is 6.52. The smallest absolute Gasteiger partial charge is 0.237 e. The number of para-hydroxylation sites is 1. The first kappa shape index (κ1) is 22.2. The first-order valence-electron chi connectivity index (χ1n) is 10.4. The van der Waals surface area contributed by atoms with Crippen molar-refractivity contribution in [2.45, 2.75) is 31.2 Å². The van der Waals surface area contributed by atoms with Gasteiger partial charge in [-0.3, -0.25) is 14.3 Å². The predicted octanol–water partition coefficient (Wildman–Crippen LogP) is 4.94. The van der Waals surface area contributed by atoms with E-state index >= 15 is 0 Å². The maximum atomic E-state index is 12.9. The van der Waals surface area contributed by atoms with Crippen molar-refractivity contribution in [1.82, 2.24) is 19.7 Å². The second kappa shape index (κ2) is 9.67. The van der Waals surface area contributed by atoms with Crippen molar-refractivity contribution in [1.29, 1.82) is 5.26 Å². The van der Waals surface area contributed by atoms with Crippen molar-refractivity contribution in [3.05, 3.63) is 83.7 Å². The molecule has 2 aromatic carbocycles. The topological polar surface area (TPSA) is 96.5 Å². The molecule has 0 bridgehead atoms. The molecule has 8 heteroatoms. The summed E-state index contributed by atoms with van der Waals surface area (Å²) in [5, 5.41) is 21.1. The average Bonchev–Trinajstić information content (AvgIpc) is 3.25. The Morgan fingerprint density at radius 1 is 1.06 bits per heavy atom. The summed E-state index contributed by atoms with van der Waals surface area (Å²) < 4.78 is 1.96. The van der Waals surface area contributed by atoms with E-state index in [2.05, 4.69) is 52.5 Å². The zero-order valence-corrected chi connectivity index (χ0v) is 19.3. The fraction of sp³-hybridized carbons (Fsp3) is 0.160. The Hall–Kier alpha value is -3.96. The third-order valence-electron chi connectivity index (χ3n) is 5.28. The molecule has 1 amide bonds. The highest BCUT2D eigenvalue weighted by Gasteiger charge is 2.22. The van der Waals surface area contributed by atoms with Gasteiger partial charge >= 0.3 is 0 Å². The van der Waals surface area contributed by atoms with Crippen LogP contribution in [0.4, 0.5) is 5.69 Å². The summed E-state index contributed by atoms with van der Waals surface area (Å²) in [6, 6.07) is 19.0. The molecule has 0 radical (unpaired) electrons. The quantitative estimate of drug-likeness (QED) is 0.415. The number of thioether (sulfide) groups is 1. The van der Waals surface area contributed by atoms with Crippen LogP contribution in [0.15, 0.2) is 72.1 Å². The number of aryl methyl sites for hydroxylation is 2. The minimum atomic E-state index is -0.475. The number of pyridine rings is 1. The number of anilines is 1. The maximum Gasteiger partial charge on any atom is 0.237 e. The van der Waals surface area contributed by atoms with Gasteiger partial charge in [0.25, 0.3) is 0 Å². The number of carbonyl (C=O) groups excluding carboxylic acids is 1. The molecule has 1 unspecified atom stereocenters. The molecule has 0 aliphatic heterocycles. The highest BCUT2D eigenvalue weighted by molar-refractivity contribution is 8.00. The van der Waals surface area contributed by atoms with E-state index in [1.165, 1.54) is 17.3 Å². The highest BCUT2D eigenvalue weighted by Crippen LogP contribution is 2.31. The molecular formula is C25H22N6OS. The third-order valence-corrected chi connectivity index (χ3v) is 6.32. The van der Waals surface area contributed by atoms with Gasteiger partial charge in [-0.15, -0.1) is 10.2 Å². The molecule has 7 nitrogen and oxygen atoms in total. The first-order valence-corrected chi connectivity index (χ1v) is 11.3. The van der Waals surface area contributed by atoms with Gasteiger partial charge in [-0.05, 0) is 68.3 Å². The minimum absolute atomic E-state index is 0.220. The fourth-order valence-corrected chi connectivity index (χ4v) is 4.13. The van der Waals surface area contributed by atoms with Crippen LogP contribution < -0.4 is 5.32 Å². The summed E-state index contributed by atoms with van der Waals surface area (Å²) in [6.45, 7) is 5.93. The Labute approximate surface area is 196 Å². The van der Waals surface area contributed by atoms with Crippen LogP contribution in [-0.4, -0.2) is 30.9 Å². The zero-order valence-electron chi connectivity index (χ0n) is 18.5. The Morgan fingerprint density at radius 3 is 2.55 bits per heavy atom. The summed E-state index contributed by atoms with van der Waals surface area (Å²) >= 11 is 1.31. The Morgan fingerprint density at radius 2 is 1.82 bits per heavy atom. The number of benzene rings is 2. The van der Waals surface area contributed by atoms with Crippen LogP contribution in [0.25, 0.3) is 17.1 Å². The molecule has 4 rings (SSSR count). The molecule has 2 aromatic heterocycles. The van der Waals surface area contributed by atoms with Gasteiger partial charge in [0.05, 0.1) is 22.2 Å². The van der Waals surface area contributed by atoms with Gasteiger partial charge in [-0.25, -0.2) is 0 Å². The summed E-state index contributed by atoms with van der Waals surface area (Å²) in [5.74, 6) is 0.452. The van der Waals surface area contributed by atoms with E-state index in [1.54, 1.807) is 43.6 Å². The number of amides is 1. The molecule has 0 aliphatic carbocycles. The van der Waals surface area contributed by atoms with E-state index in [9.17, 15) is 10.1 Å². The molecule has 164 valence electrons. The normalized spacial score (nSPS) is 11.6. The van der Waals surface area contributed by atoms with Crippen molar-refractivity contribution >= 4 is 23.4 Å². The molecule has 4 aromatic rings. The summed E-state index contributed by atoms with van der Waals surface area (Å²) in [6.07, 6.45) is 3.43. The standard InChI is InChI=1S/C25H22N6OS/c1-16-8-9-21(14-17(16)2)31-23(19-10-12-27-13-11-19)29-30-25(31)33-18(3)24(32)28-22-7-5-4-6-20(22)15-26/h4-14,18H,1-3H3,(H,28,32). The molecule has 0 fully saturated rings. The minimum Gasteiger partial charge on any atom is -0.324 e. The van der Waals surface area contributed by atoms with Crippen molar-refractivity contribution < 1.29 is 4.79 Å². The predicted molar refractivity (Wildman–Crippen MR) is 129 cm³/mol. The zero-order chi connectivity index (χ0) is 23.4. The van der Waals surface area contributed by atoms with E-state index in [1.807, 2.05) is 22.8 Å². The molecule has 0 spiro atoms. The van der Waals surface area contributed by atoms with Gasteiger partial charge in [0.2, 0.25) is 5.91 Å². The highest BCUT2D eigenvalue weighted by atomic mass is 32.2. The van der Waals surface area contributed by atoms with Crippen molar-refractivity contribution in [3.63, 3.8) is 0 Å². The second-order valence-corrected chi connectivity index (χ2v) is 8.86. The average molecular weight is 455 g/mol. The van der Waals surface area contributed by atoms with Gasteiger partial charge in [0.15, 0.2) is 11.0 Å². The Bertz CT molecular complexity index is 1340. The van der Waals surface area contributed by atoms with Crippen LogP contribution in [0.3, 0.4) is 0 Å². The summed E-state index contributed by atoms with van der Waals surface area (Å²) in [5.41, 5.74) is 5.04. The number of hydrogen-bond acceptors (Lipinski definition) is 6. The monoisotopic (exact) mass is 454 g/mol. The molecule has 33 heavy (non-hydrogen) atoms. The second-order valence-electron chi connectivity index (χ2n) is 7.55. The number of nitrogens with zero attached hydrogens (tertiary/aromatic N) is 5. The van der Waals surface area contributed by atoms with Crippen LogP contribution in [-0.2, 0) is 4.79 Å². The van der Waals surface area contributed by atoms with Crippen LogP contribution in [0.5, 0.6) is 0 Å². The van der Waals surface area contributed by atoms with Gasteiger partial charge in [-0.1, -0.05) is 30.0 Å². The number of nitriles is 1. The van der Waals surface area contributed by atoms with Crippen LogP contribution in [0, 0.1) is 25.2 Å². The number of nitrogens with one attached hydrogen (secondary N) is 1.